The van der Waals surface area contributed by atoms with Crippen LogP contribution < -0.4 is 31.9 Å². The smallest absolute Gasteiger partial charge is 0.245 e. The number of thiazole rings is 1. The molecule has 19 atom stereocenters. The summed E-state index contributed by atoms with van der Waals surface area (Å²) < 4.78 is 31.5. The number of hydrogen-bond acceptors (Lipinski definition) is 19. The fourth-order valence-electron chi connectivity index (χ4n) is 14.6. The number of nitrogens with zero attached hydrogens (tertiary/aromatic N) is 5. The number of methoxy groups -OCH3 is 4. The molecule has 8 N–H and O–H groups in total. The van der Waals surface area contributed by atoms with E-state index < -0.39 is 150 Å². The molecule has 5 rings (SSSR count). The zero-order valence-corrected chi connectivity index (χ0v) is 67.0. The molecule has 105 heavy (non-hydrogen) atoms. The van der Waals surface area contributed by atoms with E-state index in [1.54, 1.807) is 124 Å². The van der Waals surface area contributed by atoms with Crippen LogP contribution in [0.4, 0.5) is 0 Å². The number of carbonyl (C=O) groups is 8. The molecule has 27 heteroatoms. The third-order valence-corrected chi connectivity index (χ3v) is 23.1. The first kappa shape index (κ1) is 89.1. The average Bonchev–Trinajstić information content (AvgIpc) is 1.69. The van der Waals surface area contributed by atoms with Crippen LogP contribution in [-0.2, 0) is 68.5 Å². The summed E-state index contributed by atoms with van der Waals surface area (Å²) >= 11 is 1.45. The van der Waals surface area contributed by atoms with E-state index in [2.05, 4.69) is 36.9 Å². The van der Waals surface area contributed by atoms with Crippen molar-refractivity contribution < 1.29 is 72.3 Å². The van der Waals surface area contributed by atoms with Crippen LogP contribution in [0, 0.1) is 35.5 Å². The lowest BCUT2D eigenvalue weighted by Gasteiger charge is -2.42. The van der Waals surface area contributed by atoms with E-state index >= 15 is 14.4 Å². The average molecular weight is 1490 g/mol. The van der Waals surface area contributed by atoms with Crippen LogP contribution in [0.1, 0.15) is 163 Å². The number of aromatic nitrogens is 1. The molecule has 590 valence electrons. The Balaban J connectivity index is 1.43. The predicted octanol–water partition coefficient (Wildman–Crippen LogP) is 5.85. The Hall–Kier alpha value is -6.53. The fraction of sp³-hybridized carbons (Fsp3) is 0.705. The molecule has 2 aliphatic heterocycles. The highest BCUT2D eigenvalue weighted by Gasteiger charge is 2.48. The normalized spacial score (nSPS) is 19.9. The monoisotopic (exact) mass is 1490 g/mol. The van der Waals surface area contributed by atoms with Gasteiger partial charge < -0.3 is 85.4 Å². The Morgan fingerprint density at radius 1 is 0.619 bits per heavy atom. The van der Waals surface area contributed by atoms with Gasteiger partial charge in [-0.3, -0.25) is 38.4 Å². The number of hydrogen-bond donors (Lipinski definition) is 8. The molecule has 2 saturated heterocycles. The SMILES string of the molecule is CC[C@H](COCC(C)[C@H](NC(=O)C(C)(C)NC)C(=O)N(C)[C@@H]([C@@H](C)CC)[C@@H](CC(=O)N1CCC[C@H]1[C@H](OC)[C@@H](C)C(=O)N[C@H](C)[C@@H](O)c1ccccc1)OC)[C@@H]([C@@H](CC(=O)N1CCC[C@H]1[C@H](OC)[C@@H](C)C(=O)N[C@@H](Cc1ccccc1)c1nccs1)OC)N(C)C(=O)[C@@H](NC(=O)C(C)(C)NC)C(C)CO. The summed E-state index contributed by atoms with van der Waals surface area (Å²) in [6.45, 7) is 21.5. The van der Waals surface area contributed by atoms with Crippen LogP contribution in [0.25, 0.3) is 0 Å². The number of ether oxygens (including phenoxy) is 5. The van der Waals surface area contributed by atoms with Gasteiger partial charge in [-0.2, -0.15) is 0 Å². The Labute approximate surface area is 628 Å². The van der Waals surface area contributed by atoms with Crippen molar-refractivity contribution in [2.75, 3.05) is 89.5 Å². The number of benzene rings is 2. The summed E-state index contributed by atoms with van der Waals surface area (Å²) in [5.74, 6) is -6.86. The van der Waals surface area contributed by atoms with Crippen molar-refractivity contribution in [3.05, 3.63) is 88.4 Å². The first-order valence-electron chi connectivity index (χ1n) is 37.5. The van der Waals surface area contributed by atoms with Crippen LogP contribution in [0.15, 0.2) is 72.2 Å². The first-order valence-corrected chi connectivity index (χ1v) is 38.3. The van der Waals surface area contributed by atoms with Gasteiger partial charge in [0.1, 0.15) is 17.1 Å². The molecule has 3 aromatic rings. The van der Waals surface area contributed by atoms with E-state index in [0.29, 0.717) is 63.6 Å². The third-order valence-electron chi connectivity index (χ3n) is 22.3. The minimum absolute atomic E-state index is 0.0506. The number of likely N-dealkylation sites (tertiary alicyclic amines) is 2. The Morgan fingerprint density at radius 2 is 1.09 bits per heavy atom. The summed E-state index contributed by atoms with van der Waals surface area (Å²) in [5.41, 5.74) is -0.561. The van der Waals surface area contributed by atoms with Crippen LogP contribution in [-0.4, -0.2) is 249 Å². The van der Waals surface area contributed by atoms with Crippen molar-refractivity contribution in [1.29, 1.82) is 0 Å². The van der Waals surface area contributed by atoms with Crippen LogP contribution in [0.3, 0.4) is 0 Å². The number of likely N-dealkylation sites (N-methyl/N-ethyl adjacent to an activating group) is 4. The topological polar surface area (TPSA) is 321 Å². The maximum atomic E-state index is 15.6. The lowest BCUT2D eigenvalue weighted by atomic mass is 9.88. The van der Waals surface area contributed by atoms with Gasteiger partial charge in [-0.25, -0.2) is 4.98 Å². The van der Waals surface area contributed by atoms with E-state index in [-0.39, 0.29) is 55.6 Å². The quantitative estimate of drug-likeness (QED) is 0.0329. The van der Waals surface area contributed by atoms with Crippen LogP contribution in [0.5, 0.6) is 0 Å². The van der Waals surface area contributed by atoms with Gasteiger partial charge in [0.15, 0.2) is 0 Å². The molecular weight excluding hydrogens is 1360 g/mol. The Bertz CT molecular complexity index is 3190. The van der Waals surface area contributed by atoms with Crippen LogP contribution in [0.2, 0.25) is 0 Å². The summed E-state index contributed by atoms with van der Waals surface area (Å²) in [6, 6.07) is 12.8. The molecule has 2 aromatic carbocycles. The van der Waals surface area contributed by atoms with E-state index in [0.717, 1.165) is 10.6 Å². The van der Waals surface area contributed by atoms with E-state index in [1.807, 2.05) is 74.7 Å². The molecular formula is C78H127N11O15S. The number of aliphatic hydroxyl groups is 2. The standard InChI is InChI=1S/C78H127N11O15S/c1-21-47(3)65(59(100-17)42-61(91)88-38-29-35-57(88)68(102-19)50(6)70(94)82-52(8)67(93)55-33-27-24-28-34-55)86(15)74(97)64(85-76(99)78(11,12)80-14)49(5)45-104-46-54(22-2)66(87(16)73(96)63(48(4)44-90)84-75(98)77(9,10)79-13)60(101-18)43-62(92)89-39-30-36-58(89)69(103-20)51(7)71(95)83-56(72-81-37-40-105-72)41-53-31-25-23-26-32-53/h23-28,31-34,37,40,47-52,54,56-60,63-69,79-80,90,93H,21-22,29-30,35-36,38-39,41-46H2,1-20H3,(H,82,94)(H,83,95)(H,84,98)(H,85,99)/t47-,48?,49?,50+,51+,52+,54+,56-,57-,58-,59+,60+,63-,64-,65-,66-,67+,68+,69+/m0/s1. The van der Waals surface area contributed by atoms with Gasteiger partial charge in [-0.05, 0) is 104 Å². The van der Waals surface area contributed by atoms with Gasteiger partial charge in [0.2, 0.25) is 47.3 Å². The summed E-state index contributed by atoms with van der Waals surface area (Å²) in [4.78, 5) is 129. The Kier molecular flexibility index (Phi) is 35.9. The summed E-state index contributed by atoms with van der Waals surface area (Å²) in [5, 5.41) is 42.5. The predicted molar refractivity (Wildman–Crippen MR) is 405 cm³/mol. The highest BCUT2D eigenvalue weighted by Crippen LogP contribution is 2.34. The van der Waals surface area contributed by atoms with Gasteiger partial charge in [0, 0.05) is 91.6 Å². The molecule has 2 unspecified atom stereocenters. The van der Waals surface area contributed by atoms with Crippen molar-refractivity contribution in [2.45, 2.75) is 231 Å². The van der Waals surface area contributed by atoms with Crippen molar-refractivity contribution in [3.63, 3.8) is 0 Å². The number of carbonyl (C=O) groups excluding carboxylic acids is 8. The molecule has 0 bridgehead atoms. The second kappa shape index (κ2) is 42.3. The third kappa shape index (κ3) is 23.5. The minimum atomic E-state index is -1.23. The summed E-state index contributed by atoms with van der Waals surface area (Å²) in [6.07, 6.45) is 1.04. The summed E-state index contributed by atoms with van der Waals surface area (Å²) in [7, 11) is 12.5. The second-order valence-corrected chi connectivity index (χ2v) is 31.0. The van der Waals surface area contributed by atoms with E-state index in [1.165, 1.54) is 44.7 Å². The maximum Gasteiger partial charge on any atom is 0.245 e. The number of nitrogens with one attached hydrogen (secondary N) is 6. The molecule has 1 aromatic heterocycles. The van der Waals surface area contributed by atoms with Crippen molar-refractivity contribution in [2.24, 2.45) is 35.5 Å². The second-order valence-electron chi connectivity index (χ2n) is 30.1. The first-order chi connectivity index (χ1) is 49.8. The molecule has 26 nitrogen and oxygen atoms in total. The lowest BCUT2D eigenvalue weighted by Crippen LogP contribution is -2.62. The molecule has 0 radical (unpaired) electrons. The van der Waals surface area contributed by atoms with Crippen molar-refractivity contribution in [1.82, 2.24) is 56.5 Å². The molecule has 0 aliphatic carbocycles. The largest absolute Gasteiger partial charge is 0.396 e. The molecule has 2 fully saturated rings. The van der Waals surface area contributed by atoms with Gasteiger partial charge in [-0.1, -0.05) is 116 Å². The van der Waals surface area contributed by atoms with Gasteiger partial charge >= 0.3 is 0 Å². The number of aliphatic hydroxyl groups excluding tert-OH is 2. The zero-order chi connectivity index (χ0) is 78.2. The highest BCUT2D eigenvalue weighted by atomic mass is 32.1. The van der Waals surface area contributed by atoms with Gasteiger partial charge in [-0.15, -0.1) is 11.3 Å². The molecule has 3 heterocycles. The molecule has 0 saturated carbocycles. The molecule has 8 amide bonds. The molecule has 0 spiro atoms. The number of rotatable bonds is 44. The number of amides is 8. The fourth-order valence-corrected chi connectivity index (χ4v) is 15.3. The zero-order valence-electron chi connectivity index (χ0n) is 66.1. The highest BCUT2D eigenvalue weighted by molar-refractivity contribution is 7.09. The maximum absolute atomic E-state index is 15.6. The van der Waals surface area contributed by atoms with Gasteiger partial charge in [0.05, 0.1) is 116 Å². The minimum Gasteiger partial charge on any atom is -0.396 e. The van der Waals surface area contributed by atoms with E-state index in [4.69, 9.17) is 23.7 Å². The molecule has 2 aliphatic rings. The van der Waals surface area contributed by atoms with Crippen molar-refractivity contribution >= 4 is 58.6 Å². The van der Waals surface area contributed by atoms with Crippen LogP contribution >= 0.6 is 11.3 Å². The Morgan fingerprint density at radius 3 is 1.52 bits per heavy atom. The van der Waals surface area contributed by atoms with Gasteiger partial charge in [0.25, 0.3) is 0 Å². The lowest BCUT2D eigenvalue weighted by molar-refractivity contribution is -0.150. The van der Waals surface area contributed by atoms with Crippen molar-refractivity contribution in [3.8, 4) is 0 Å². The van der Waals surface area contributed by atoms with E-state index in [9.17, 15) is 34.2 Å².